The van der Waals surface area contributed by atoms with Crippen LogP contribution >= 0.6 is 22.6 Å². The molecule has 1 saturated heterocycles. The standard InChI is InChI=1S/C31H40IN3O6/c1-4-39-29(37)23-17-24-26(32)35(23)28(36)25(21-9-5-6-10-21)34-30(38)40-18-31(2,3)14-7-8-19-11-12-20-13-15-33-27(41-24)22(20)16-19/h11-13,15-16,21,23-26H,4-10,14,17-18H2,1-3H3,(H,34,38)/t23-,24+,25-,26?/m0/s1. The molecule has 5 rings (SSSR count). The molecule has 2 amide bonds. The highest BCUT2D eigenvalue weighted by molar-refractivity contribution is 14.1. The lowest BCUT2D eigenvalue weighted by molar-refractivity contribution is -0.154. The van der Waals surface area contributed by atoms with Crippen molar-refractivity contribution in [3.8, 4) is 5.88 Å². The summed E-state index contributed by atoms with van der Waals surface area (Å²) in [5.41, 5.74) is 0.941. The molecule has 1 aromatic carbocycles. The number of pyridine rings is 1. The van der Waals surface area contributed by atoms with E-state index in [0.717, 1.165) is 55.7 Å². The second-order valence-corrected chi connectivity index (χ2v) is 13.5. The lowest BCUT2D eigenvalue weighted by Gasteiger charge is -2.33. The minimum Gasteiger partial charge on any atom is -0.471 e. The Bertz CT molecular complexity index is 1280. The Hall–Kier alpha value is -2.63. The summed E-state index contributed by atoms with van der Waals surface area (Å²) < 4.78 is 17.1. The smallest absolute Gasteiger partial charge is 0.407 e. The van der Waals surface area contributed by atoms with E-state index < -0.39 is 34.3 Å². The van der Waals surface area contributed by atoms with E-state index in [1.165, 1.54) is 5.56 Å². The summed E-state index contributed by atoms with van der Waals surface area (Å²) in [4.78, 5) is 46.7. The molecule has 0 spiro atoms. The van der Waals surface area contributed by atoms with Crippen molar-refractivity contribution >= 4 is 51.3 Å². The van der Waals surface area contributed by atoms with Gasteiger partial charge in [-0.2, -0.15) is 0 Å². The maximum Gasteiger partial charge on any atom is 0.407 e. The van der Waals surface area contributed by atoms with Crippen LogP contribution < -0.4 is 10.1 Å². The number of amides is 2. The first kappa shape index (κ1) is 29.8. The third kappa shape index (κ3) is 6.73. The van der Waals surface area contributed by atoms with Crippen molar-refractivity contribution in [2.75, 3.05) is 13.2 Å². The quantitative estimate of drug-likeness (QED) is 0.197. The van der Waals surface area contributed by atoms with Crippen molar-refractivity contribution in [3.05, 3.63) is 36.0 Å². The largest absolute Gasteiger partial charge is 0.471 e. The van der Waals surface area contributed by atoms with Crippen LogP contribution in [-0.2, 0) is 25.5 Å². The van der Waals surface area contributed by atoms with Gasteiger partial charge < -0.3 is 24.4 Å². The third-order valence-corrected chi connectivity index (χ3v) is 9.96. The van der Waals surface area contributed by atoms with Crippen LogP contribution in [0.15, 0.2) is 30.5 Å². The van der Waals surface area contributed by atoms with E-state index >= 15 is 0 Å². The Kier molecular flexibility index (Phi) is 9.25. The Morgan fingerprint density at radius 3 is 2.73 bits per heavy atom. The fourth-order valence-electron chi connectivity index (χ4n) is 6.31. The highest BCUT2D eigenvalue weighted by Gasteiger charge is 2.51. The zero-order valence-electron chi connectivity index (χ0n) is 24.1. The molecule has 10 heteroatoms. The molecule has 1 N–H and O–H groups in total. The number of alkyl carbamates (subject to hydrolysis) is 1. The molecule has 9 nitrogen and oxygen atoms in total. The predicted octanol–water partition coefficient (Wildman–Crippen LogP) is 5.55. The van der Waals surface area contributed by atoms with Crippen molar-refractivity contribution in [2.45, 2.75) is 94.4 Å². The Labute approximate surface area is 255 Å². The topological polar surface area (TPSA) is 107 Å². The molecule has 2 fully saturated rings. The SMILES string of the molecule is CCOC(=O)[C@@H]1C[C@H]2Oc3nccc4ccc(cc34)CCCC(C)(C)COC(=O)N[C@@H](C3CCCC3)C(=O)N1C2I. The van der Waals surface area contributed by atoms with Crippen LogP contribution in [0.2, 0.25) is 0 Å². The van der Waals surface area contributed by atoms with Crippen molar-refractivity contribution in [1.82, 2.24) is 15.2 Å². The molecule has 4 atom stereocenters. The maximum atomic E-state index is 14.3. The number of hydrogen-bond donors (Lipinski definition) is 1. The number of aryl methyl sites for hydroxylation is 1. The van der Waals surface area contributed by atoms with Gasteiger partial charge in [-0.15, -0.1) is 0 Å². The van der Waals surface area contributed by atoms with Gasteiger partial charge in [0.25, 0.3) is 0 Å². The maximum absolute atomic E-state index is 14.3. The molecule has 0 radical (unpaired) electrons. The molecule has 2 aliphatic heterocycles. The van der Waals surface area contributed by atoms with E-state index in [-0.39, 0.29) is 36.9 Å². The van der Waals surface area contributed by atoms with E-state index in [1.807, 2.05) is 6.07 Å². The second-order valence-electron chi connectivity index (χ2n) is 12.2. The molecule has 1 saturated carbocycles. The number of carbonyl (C=O) groups is 3. The summed E-state index contributed by atoms with van der Waals surface area (Å²) >= 11 is 2.18. The number of alkyl halides is 1. The van der Waals surface area contributed by atoms with Crippen LogP contribution in [0.5, 0.6) is 5.88 Å². The average molecular weight is 678 g/mol. The number of fused-ring (bicyclic) bond motifs is 3. The van der Waals surface area contributed by atoms with E-state index in [4.69, 9.17) is 14.2 Å². The van der Waals surface area contributed by atoms with Crippen molar-refractivity contribution < 1.29 is 28.6 Å². The fourth-order valence-corrected chi connectivity index (χ4v) is 7.41. The number of esters is 1. The number of ether oxygens (including phenoxy) is 3. The zero-order chi connectivity index (χ0) is 29.1. The first-order chi connectivity index (χ1) is 19.7. The molecule has 2 aromatic rings. The number of hydrogen-bond acceptors (Lipinski definition) is 7. The number of nitrogens with zero attached hydrogens (tertiary/aromatic N) is 2. The molecule has 3 aliphatic rings. The van der Waals surface area contributed by atoms with Crippen molar-refractivity contribution in [3.63, 3.8) is 0 Å². The van der Waals surface area contributed by atoms with Crippen LogP contribution in [-0.4, -0.2) is 63.3 Å². The number of halogens is 1. The Morgan fingerprint density at radius 1 is 1.20 bits per heavy atom. The monoisotopic (exact) mass is 677 g/mol. The number of cyclic esters (lactones) is 1. The van der Waals surface area contributed by atoms with Gasteiger partial charge in [-0.1, -0.05) is 61.4 Å². The molecule has 1 unspecified atom stereocenters. The molecule has 4 bridgehead atoms. The van der Waals surface area contributed by atoms with Crippen LogP contribution in [0.25, 0.3) is 10.8 Å². The lowest BCUT2D eigenvalue weighted by atomic mass is 9.87. The summed E-state index contributed by atoms with van der Waals surface area (Å²) in [6, 6.07) is 6.66. The van der Waals surface area contributed by atoms with Crippen LogP contribution in [0.3, 0.4) is 0 Å². The molecule has 1 aliphatic carbocycles. The number of nitrogens with one attached hydrogen (secondary N) is 1. The van der Waals surface area contributed by atoms with Gasteiger partial charge in [-0.05, 0) is 73.4 Å². The first-order valence-electron chi connectivity index (χ1n) is 14.8. The number of rotatable bonds is 3. The molecule has 1 aromatic heterocycles. The highest BCUT2D eigenvalue weighted by Crippen LogP contribution is 2.38. The van der Waals surface area contributed by atoms with Gasteiger partial charge in [0, 0.05) is 18.0 Å². The zero-order valence-corrected chi connectivity index (χ0v) is 26.2. The highest BCUT2D eigenvalue weighted by atomic mass is 127. The van der Waals surface area contributed by atoms with Gasteiger partial charge in [0.1, 0.15) is 22.2 Å². The summed E-state index contributed by atoms with van der Waals surface area (Å²) in [5, 5.41) is 4.83. The number of carbonyl (C=O) groups excluding carboxylic acids is 3. The Balaban J connectivity index is 1.54. The molecule has 3 heterocycles. The minimum atomic E-state index is -0.831. The van der Waals surface area contributed by atoms with Gasteiger partial charge in [0.05, 0.1) is 13.2 Å². The molecular formula is C31H40IN3O6. The third-order valence-electron chi connectivity index (χ3n) is 8.56. The van der Waals surface area contributed by atoms with Crippen LogP contribution in [0, 0.1) is 11.3 Å². The van der Waals surface area contributed by atoms with Gasteiger partial charge in [0.2, 0.25) is 11.8 Å². The molecular weight excluding hydrogens is 637 g/mol. The predicted molar refractivity (Wildman–Crippen MR) is 163 cm³/mol. The van der Waals surface area contributed by atoms with E-state index in [0.29, 0.717) is 5.88 Å². The van der Waals surface area contributed by atoms with E-state index in [2.05, 4.69) is 64.9 Å². The summed E-state index contributed by atoms with van der Waals surface area (Å²) in [6.45, 7) is 6.37. The number of aromatic nitrogens is 1. The van der Waals surface area contributed by atoms with Crippen LogP contribution in [0.1, 0.15) is 71.3 Å². The second kappa shape index (κ2) is 12.7. The van der Waals surface area contributed by atoms with Crippen molar-refractivity contribution in [1.29, 1.82) is 0 Å². The van der Waals surface area contributed by atoms with Gasteiger partial charge >= 0.3 is 12.1 Å². The number of benzene rings is 1. The lowest BCUT2D eigenvalue weighted by Crippen LogP contribution is -2.56. The summed E-state index contributed by atoms with van der Waals surface area (Å²) in [5.74, 6) is -0.310. The van der Waals surface area contributed by atoms with E-state index in [9.17, 15) is 14.4 Å². The molecule has 41 heavy (non-hydrogen) atoms. The normalized spacial score (nSPS) is 27.6. The first-order valence-corrected chi connectivity index (χ1v) is 16.0. The minimum absolute atomic E-state index is 0.0294. The average Bonchev–Trinajstić information content (AvgIpc) is 3.59. The van der Waals surface area contributed by atoms with Crippen molar-refractivity contribution in [2.24, 2.45) is 11.3 Å². The van der Waals surface area contributed by atoms with Gasteiger partial charge in [-0.25, -0.2) is 14.6 Å². The van der Waals surface area contributed by atoms with E-state index in [1.54, 1.807) is 18.0 Å². The fraction of sp³-hybridized carbons (Fsp3) is 0.613. The summed E-state index contributed by atoms with van der Waals surface area (Å²) in [7, 11) is 0. The summed E-state index contributed by atoms with van der Waals surface area (Å²) in [6.07, 6.45) is 7.21. The Morgan fingerprint density at radius 2 is 1.98 bits per heavy atom. The van der Waals surface area contributed by atoms with Gasteiger partial charge in [-0.3, -0.25) is 4.79 Å². The van der Waals surface area contributed by atoms with Crippen LogP contribution in [0.4, 0.5) is 4.79 Å². The van der Waals surface area contributed by atoms with Gasteiger partial charge in [0.15, 0.2) is 0 Å². The molecule has 222 valence electrons.